The Balaban J connectivity index is 3.78. The van der Waals surface area contributed by atoms with Crippen molar-refractivity contribution in [1.82, 2.24) is 4.90 Å². The monoisotopic (exact) mass is 319 g/mol. The topological polar surface area (TPSA) is 29.5 Å². The maximum Gasteiger partial charge on any atom is 0.249 e. The second-order valence-corrected chi connectivity index (χ2v) is 5.46. The van der Waals surface area contributed by atoms with Gasteiger partial charge in [-0.25, -0.2) is 0 Å². The van der Waals surface area contributed by atoms with E-state index in [9.17, 15) is 4.79 Å². The highest BCUT2D eigenvalue weighted by atomic mass is 79.9. The first-order valence-corrected chi connectivity index (χ1v) is 7.72. The number of amides is 1. The van der Waals surface area contributed by atoms with Crippen molar-refractivity contribution >= 4 is 21.8 Å². The molecule has 0 aromatic rings. The molecule has 0 saturated carbocycles. The van der Waals surface area contributed by atoms with Gasteiger partial charge in [0.2, 0.25) is 5.91 Å². The van der Waals surface area contributed by atoms with Crippen LogP contribution in [0.4, 0.5) is 0 Å². The average molecular weight is 320 g/mol. The van der Waals surface area contributed by atoms with E-state index in [1.54, 1.807) is 0 Å². The Morgan fingerprint density at radius 1 is 1.22 bits per heavy atom. The fraction of sp³-hybridized carbons (Fsp3) is 0.786. The first-order chi connectivity index (χ1) is 8.50. The van der Waals surface area contributed by atoms with Gasteiger partial charge in [-0.15, -0.1) is 0 Å². The molecule has 0 aliphatic rings. The second kappa shape index (κ2) is 10.6. The second-order valence-electron chi connectivity index (χ2n) is 4.81. The van der Waals surface area contributed by atoms with E-state index in [-0.39, 0.29) is 24.6 Å². The molecule has 0 bridgehead atoms. The van der Waals surface area contributed by atoms with Gasteiger partial charge in [-0.1, -0.05) is 28.1 Å². The summed E-state index contributed by atoms with van der Waals surface area (Å²) in [5.74, 6) is 0.0796. The largest absolute Gasteiger partial charge is 0.372 e. The minimum atomic E-state index is 0.0796. The summed E-state index contributed by atoms with van der Waals surface area (Å²) in [5.41, 5.74) is 0. The van der Waals surface area contributed by atoms with Crippen LogP contribution in [0.5, 0.6) is 0 Å². The molecular formula is C14H26BrNO2. The summed E-state index contributed by atoms with van der Waals surface area (Å²) >= 11 is 3.33. The van der Waals surface area contributed by atoms with Crippen molar-refractivity contribution in [2.45, 2.75) is 52.6 Å². The lowest BCUT2D eigenvalue weighted by Crippen LogP contribution is -2.44. The van der Waals surface area contributed by atoms with Crippen LogP contribution < -0.4 is 0 Å². The van der Waals surface area contributed by atoms with Crippen LogP contribution in [0, 0.1) is 0 Å². The van der Waals surface area contributed by atoms with E-state index in [2.05, 4.69) is 28.1 Å². The Kier molecular flexibility index (Phi) is 10.4. The van der Waals surface area contributed by atoms with Gasteiger partial charge in [-0.05, 0) is 40.5 Å². The normalized spacial score (nSPS) is 11.7. The summed E-state index contributed by atoms with van der Waals surface area (Å²) in [6, 6.07) is 0.450. The molecule has 0 unspecified atom stereocenters. The van der Waals surface area contributed by atoms with Gasteiger partial charge in [0.1, 0.15) is 6.61 Å². The Labute approximate surface area is 120 Å². The van der Waals surface area contributed by atoms with Crippen molar-refractivity contribution in [1.29, 1.82) is 0 Å². The maximum atomic E-state index is 11.9. The van der Waals surface area contributed by atoms with Crippen molar-refractivity contribution in [2.75, 3.05) is 18.5 Å². The Morgan fingerprint density at radius 3 is 2.33 bits per heavy atom. The molecular weight excluding hydrogens is 294 g/mol. The van der Waals surface area contributed by atoms with Crippen LogP contribution >= 0.6 is 15.9 Å². The van der Waals surface area contributed by atoms with E-state index >= 15 is 0 Å². The molecule has 0 aliphatic heterocycles. The minimum Gasteiger partial charge on any atom is -0.372 e. The Bertz CT molecular complexity index is 244. The smallest absolute Gasteiger partial charge is 0.249 e. The van der Waals surface area contributed by atoms with E-state index in [0.29, 0.717) is 6.61 Å². The molecule has 0 saturated heterocycles. The molecule has 0 fully saturated rings. The van der Waals surface area contributed by atoms with Crippen molar-refractivity contribution in [3.05, 3.63) is 12.2 Å². The molecule has 4 heteroatoms. The number of carbonyl (C=O) groups excluding carboxylic acids is 1. The van der Waals surface area contributed by atoms with Crippen molar-refractivity contribution < 1.29 is 9.53 Å². The number of carbonyl (C=O) groups is 1. The van der Waals surface area contributed by atoms with Crippen LogP contribution in [0.2, 0.25) is 0 Å². The fourth-order valence-corrected chi connectivity index (χ4v) is 2.15. The molecule has 0 heterocycles. The molecule has 0 atom stereocenters. The van der Waals surface area contributed by atoms with E-state index in [1.807, 2.05) is 32.6 Å². The van der Waals surface area contributed by atoms with Crippen LogP contribution in [-0.4, -0.2) is 41.4 Å². The van der Waals surface area contributed by atoms with Gasteiger partial charge in [0.15, 0.2) is 0 Å². The molecule has 0 aliphatic carbocycles. The zero-order valence-electron chi connectivity index (χ0n) is 12.0. The summed E-state index contributed by atoms with van der Waals surface area (Å²) in [4.78, 5) is 13.8. The average Bonchev–Trinajstić information content (AvgIpc) is 2.26. The maximum absolute atomic E-state index is 11.9. The van der Waals surface area contributed by atoms with E-state index in [4.69, 9.17) is 4.74 Å². The SMILES string of the molecule is CC(C)N(C(=O)COCCC/C=C/CBr)C(C)C. The highest BCUT2D eigenvalue weighted by Crippen LogP contribution is 2.05. The number of rotatable bonds is 9. The van der Waals surface area contributed by atoms with Crippen LogP contribution in [0.15, 0.2) is 12.2 Å². The van der Waals surface area contributed by atoms with Crippen LogP contribution in [0.1, 0.15) is 40.5 Å². The first-order valence-electron chi connectivity index (χ1n) is 6.60. The molecule has 3 nitrogen and oxygen atoms in total. The minimum absolute atomic E-state index is 0.0796. The number of hydrogen-bond acceptors (Lipinski definition) is 2. The summed E-state index contributed by atoms with van der Waals surface area (Å²) < 4.78 is 5.42. The van der Waals surface area contributed by atoms with Crippen LogP contribution in [-0.2, 0) is 9.53 Å². The molecule has 0 N–H and O–H groups in total. The van der Waals surface area contributed by atoms with Crippen molar-refractivity contribution in [2.24, 2.45) is 0 Å². The first kappa shape index (κ1) is 17.6. The number of hydrogen-bond donors (Lipinski definition) is 0. The number of allylic oxidation sites excluding steroid dienone is 2. The number of ether oxygens (including phenoxy) is 1. The van der Waals surface area contributed by atoms with Gasteiger partial charge >= 0.3 is 0 Å². The molecule has 1 amide bonds. The van der Waals surface area contributed by atoms with E-state index < -0.39 is 0 Å². The van der Waals surface area contributed by atoms with Crippen LogP contribution in [0.3, 0.4) is 0 Å². The zero-order valence-corrected chi connectivity index (χ0v) is 13.6. The third-order valence-corrected chi connectivity index (χ3v) is 2.92. The number of alkyl halides is 1. The van der Waals surface area contributed by atoms with Crippen LogP contribution in [0.25, 0.3) is 0 Å². The van der Waals surface area contributed by atoms with Gasteiger partial charge < -0.3 is 9.64 Å². The fourth-order valence-electron chi connectivity index (χ4n) is 1.89. The van der Waals surface area contributed by atoms with Gasteiger partial charge in [0, 0.05) is 24.0 Å². The molecule has 0 rings (SSSR count). The van der Waals surface area contributed by atoms with Gasteiger partial charge in [0.05, 0.1) is 0 Å². The number of halogens is 1. The quantitative estimate of drug-likeness (QED) is 0.370. The standard InChI is InChI=1S/C14H26BrNO2/c1-12(2)16(13(3)4)14(17)11-18-10-8-6-5-7-9-15/h5,7,12-13H,6,8-11H2,1-4H3/b7-5+. The van der Waals surface area contributed by atoms with Crippen molar-refractivity contribution in [3.63, 3.8) is 0 Å². The third-order valence-electron chi connectivity index (χ3n) is 2.54. The molecule has 0 aromatic carbocycles. The summed E-state index contributed by atoms with van der Waals surface area (Å²) in [7, 11) is 0. The number of nitrogens with zero attached hydrogens (tertiary/aromatic N) is 1. The Morgan fingerprint density at radius 2 is 1.83 bits per heavy atom. The Hall–Kier alpha value is -0.350. The lowest BCUT2D eigenvalue weighted by Gasteiger charge is -2.30. The molecule has 0 spiro atoms. The van der Waals surface area contributed by atoms with E-state index in [0.717, 1.165) is 18.2 Å². The van der Waals surface area contributed by atoms with Gasteiger partial charge in [-0.3, -0.25) is 4.79 Å². The molecule has 0 radical (unpaired) electrons. The third kappa shape index (κ3) is 7.88. The predicted octanol–water partition coefficient (Wildman–Crippen LogP) is 3.38. The summed E-state index contributed by atoms with van der Waals surface area (Å²) in [5, 5.41) is 0.893. The van der Waals surface area contributed by atoms with E-state index in [1.165, 1.54) is 0 Å². The van der Waals surface area contributed by atoms with Gasteiger partial charge in [-0.2, -0.15) is 0 Å². The zero-order chi connectivity index (χ0) is 14.0. The lowest BCUT2D eigenvalue weighted by atomic mass is 10.2. The molecule has 18 heavy (non-hydrogen) atoms. The summed E-state index contributed by atoms with van der Waals surface area (Å²) in [6.07, 6.45) is 6.15. The molecule has 106 valence electrons. The number of unbranched alkanes of at least 4 members (excludes halogenated alkanes) is 1. The lowest BCUT2D eigenvalue weighted by molar-refractivity contribution is -0.139. The summed E-state index contributed by atoms with van der Waals surface area (Å²) in [6.45, 7) is 8.96. The highest BCUT2D eigenvalue weighted by molar-refractivity contribution is 9.09. The predicted molar refractivity (Wildman–Crippen MR) is 80.1 cm³/mol. The highest BCUT2D eigenvalue weighted by Gasteiger charge is 2.19. The molecule has 0 aromatic heterocycles. The van der Waals surface area contributed by atoms with Gasteiger partial charge in [0.25, 0.3) is 0 Å². The van der Waals surface area contributed by atoms with Crippen molar-refractivity contribution in [3.8, 4) is 0 Å².